The summed E-state index contributed by atoms with van der Waals surface area (Å²) in [7, 11) is 0. The zero-order chi connectivity index (χ0) is 13.7. The molecule has 0 fully saturated rings. The molecule has 102 valence electrons. The number of nitrogens with two attached hydrogens (primary N) is 1. The quantitative estimate of drug-likeness (QED) is 0.847. The highest BCUT2D eigenvalue weighted by atomic mass is 35.5. The van der Waals surface area contributed by atoms with Crippen molar-refractivity contribution in [3.63, 3.8) is 0 Å². The summed E-state index contributed by atoms with van der Waals surface area (Å²) in [6.45, 7) is 6.93. The fourth-order valence-corrected chi connectivity index (χ4v) is 2.26. The summed E-state index contributed by atoms with van der Waals surface area (Å²) < 4.78 is 5.79. The summed E-state index contributed by atoms with van der Waals surface area (Å²) in [6, 6.07) is 3.63. The van der Waals surface area contributed by atoms with Gasteiger partial charge in [-0.25, -0.2) is 0 Å². The molecule has 0 aliphatic heterocycles. The average Bonchev–Trinajstić information content (AvgIpc) is 2.20. The molecular weight excluding hydrogens is 269 g/mol. The van der Waals surface area contributed by atoms with Gasteiger partial charge in [-0.2, -0.15) is 0 Å². The highest BCUT2D eigenvalue weighted by molar-refractivity contribution is 6.35. The lowest BCUT2D eigenvalue weighted by molar-refractivity contribution is 0.286. The van der Waals surface area contributed by atoms with Crippen molar-refractivity contribution >= 4 is 23.2 Å². The lowest BCUT2D eigenvalue weighted by atomic mass is 10.1. The molecule has 0 aromatic heterocycles. The first-order valence-corrected chi connectivity index (χ1v) is 7.02. The van der Waals surface area contributed by atoms with E-state index in [-0.39, 0.29) is 6.04 Å². The van der Waals surface area contributed by atoms with Gasteiger partial charge in [-0.1, -0.05) is 37.0 Å². The first-order chi connectivity index (χ1) is 8.40. The van der Waals surface area contributed by atoms with Crippen LogP contribution >= 0.6 is 23.2 Å². The second-order valence-electron chi connectivity index (χ2n) is 5.09. The molecule has 18 heavy (non-hydrogen) atoms. The minimum Gasteiger partial charge on any atom is -0.492 e. The number of rotatable bonds is 6. The summed E-state index contributed by atoms with van der Waals surface area (Å²) >= 11 is 12.2. The predicted molar refractivity (Wildman–Crippen MR) is 78.8 cm³/mol. The SMILES string of the molecule is CC(C)CCOc1c(Cl)cc(Cl)cc1CC(C)N. The van der Waals surface area contributed by atoms with E-state index >= 15 is 0 Å². The van der Waals surface area contributed by atoms with E-state index in [0.717, 1.165) is 17.7 Å². The van der Waals surface area contributed by atoms with E-state index < -0.39 is 0 Å². The van der Waals surface area contributed by atoms with Crippen molar-refractivity contribution in [3.05, 3.63) is 27.7 Å². The van der Waals surface area contributed by atoms with E-state index in [2.05, 4.69) is 13.8 Å². The standard InChI is InChI=1S/C14H21Cl2NO/c1-9(2)4-5-18-14-11(6-10(3)17)7-12(15)8-13(14)16/h7-10H,4-6,17H2,1-3H3. The van der Waals surface area contributed by atoms with Crippen molar-refractivity contribution in [3.8, 4) is 5.75 Å². The minimum atomic E-state index is 0.0481. The Morgan fingerprint density at radius 2 is 1.89 bits per heavy atom. The third-order valence-corrected chi connectivity index (χ3v) is 3.07. The van der Waals surface area contributed by atoms with Crippen LogP contribution in [0.1, 0.15) is 32.8 Å². The van der Waals surface area contributed by atoms with E-state index in [9.17, 15) is 0 Å². The topological polar surface area (TPSA) is 35.2 Å². The predicted octanol–water partition coefficient (Wildman–Crippen LogP) is 4.31. The second kappa shape index (κ2) is 7.22. The Morgan fingerprint density at radius 1 is 1.22 bits per heavy atom. The van der Waals surface area contributed by atoms with Crippen LogP contribution < -0.4 is 10.5 Å². The minimum absolute atomic E-state index is 0.0481. The molecule has 0 saturated heterocycles. The van der Waals surface area contributed by atoms with Crippen molar-refractivity contribution in [2.24, 2.45) is 11.7 Å². The number of benzene rings is 1. The summed E-state index contributed by atoms with van der Waals surface area (Å²) in [5, 5.41) is 1.17. The van der Waals surface area contributed by atoms with E-state index in [0.29, 0.717) is 29.0 Å². The largest absolute Gasteiger partial charge is 0.492 e. The van der Waals surface area contributed by atoms with Gasteiger partial charge in [0.1, 0.15) is 5.75 Å². The van der Waals surface area contributed by atoms with Crippen LogP contribution in [0.25, 0.3) is 0 Å². The van der Waals surface area contributed by atoms with Crippen molar-refractivity contribution in [1.82, 2.24) is 0 Å². The van der Waals surface area contributed by atoms with Gasteiger partial charge in [0.05, 0.1) is 11.6 Å². The van der Waals surface area contributed by atoms with Gasteiger partial charge >= 0.3 is 0 Å². The third-order valence-electron chi connectivity index (χ3n) is 2.57. The number of halogens is 2. The molecule has 0 amide bonds. The molecule has 0 bridgehead atoms. The molecule has 1 aromatic carbocycles. The number of hydrogen-bond donors (Lipinski definition) is 1. The van der Waals surface area contributed by atoms with Gasteiger partial charge in [-0.15, -0.1) is 0 Å². The number of hydrogen-bond acceptors (Lipinski definition) is 2. The molecule has 1 atom stereocenters. The van der Waals surface area contributed by atoms with Crippen molar-refractivity contribution in [2.45, 2.75) is 39.7 Å². The molecule has 1 unspecified atom stereocenters. The summed E-state index contributed by atoms with van der Waals surface area (Å²) in [5.74, 6) is 1.33. The lowest BCUT2D eigenvalue weighted by Crippen LogP contribution is -2.18. The fraction of sp³-hybridized carbons (Fsp3) is 0.571. The van der Waals surface area contributed by atoms with Crippen LogP contribution in [0.5, 0.6) is 5.75 Å². The van der Waals surface area contributed by atoms with Gasteiger partial charge in [0, 0.05) is 11.1 Å². The maximum atomic E-state index is 6.18. The van der Waals surface area contributed by atoms with E-state index in [1.54, 1.807) is 6.07 Å². The maximum Gasteiger partial charge on any atom is 0.141 e. The second-order valence-corrected chi connectivity index (χ2v) is 5.93. The molecule has 2 nitrogen and oxygen atoms in total. The monoisotopic (exact) mass is 289 g/mol. The van der Waals surface area contributed by atoms with Gasteiger partial charge in [0.15, 0.2) is 0 Å². The molecule has 1 rings (SSSR count). The molecule has 0 aliphatic carbocycles. The third kappa shape index (κ3) is 5.05. The zero-order valence-corrected chi connectivity index (χ0v) is 12.7. The normalized spacial score (nSPS) is 12.8. The van der Waals surface area contributed by atoms with Crippen LogP contribution in [-0.4, -0.2) is 12.6 Å². The highest BCUT2D eigenvalue weighted by Crippen LogP contribution is 2.33. The van der Waals surface area contributed by atoms with Crippen LogP contribution in [0.15, 0.2) is 12.1 Å². The van der Waals surface area contributed by atoms with E-state index in [1.807, 2.05) is 13.0 Å². The molecule has 0 saturated carbocycles. The van der Waals surface area contributed by atoms with Crippen molar-refractivity contribution < 1.29 is 4.74 Å². The molecule has 0 aliphatic rings. The zero-order valence-electron chi connectivity index (χ0n) is 11.2. The molecule has 2 N–H and O–H groups in total. The summed E-state index contributed by atoms with van der Waals surface area (Å²) in [4.78, 5) is 0. The summed E-state index contributed by atoms with van der Waals surface area (Å²) in [6.07, 6.45) is 1.70. The first kappa shape index (κ1) is 15.6. The van der Waals surface area contributed by atoms with E-state index in [4.69, 9.17) is 33.7 Å². The van der Waals surface area contributed by atoms with Gasteiger partial charge in [-0.05, 0) is 43.4 Å². The van der Waals surface area contributed by atoms with Gasteiger partial charge in [0.25, 0.3) is 0 Å². The smallest absolute Gasteiger partial charge is 0.141 e. The molecule has 0 spiro atoms. The van der Waals surface area contributed by atoms with Gasteiger partial charge in [0.2, 0.25) is 0 Å². The molecular formula is C14H21Cl2NO. The van der Waals surface area contributed by atoms with Crippen LogP contribution in [0.3, 0.4) is 0 Å². The van der Waals surface area contributed by atoms with Gasteiger partial charge < -0.3 is 10.5 Å². The Morgan fingerprint density at radius 3 is 2.44 bits per heavy atom. The first-order valence-electron chi connectivity index (χ1n) is 6.26. The Bertz CT molecular complexity index is 392. The summed E-state index contributed by atoms with van der Waals surface area (Å²) in [5.41, 5.74) is 6.81. The van der Waals surface area contributed by atoms with Crippen molar-refractivity contribution in [1.29, 1.82) is 0 Å². The lowest BCUT2D eigenvalue weighted by Gasteiger charge is -2.16. The molecule has 1 aromatic rings. The molecule has 0 heterocycles. The average molecular weight is 290 g/mol. The highest BCUT2D eigenvalue weighted by Gasteiger charge is 2.12. The van der Waals surface area contributed by atoms with Crippen LogP contribution in [0, 0.1) is 5.92 Å². The fourth-order valence-electron chi connectivity index (χ4n) is 1.67. The van der Waals surface area contributed by atoms with Gasteiger partial charge in [-0.3, -0.25) is 0 Å². The van der Waals surface area contributed by atoms with E-state index in [1.165, 1.54) is 0 Å². The Labute approximate surface area is 119 Å². The number of ether oxygens (including phenoxy) is 1. The van der Waals surface area contributed by atoms with Crippen LogP contribution in [0.2, 0.25) is 10.0 Å². The van der Waals surface area contributed by atoms with Crippen LogP contribution in [-0.2, 0) is 6.42 Å². The maximum absolute atomic E-state index is 6.18. The molecule has 4 heteroatoms. The Kier molecular flexibility index (Phi) is 6.27. The van der Waals surface area contributed by atoms with Crippen LogP contribution in [0.4, 0.5) is 0 Å². The Hall–Kier alpha value is -0.440. The molecule has 0 radical (unpaired) electrons. The van der Waals surface area contributed by atoms with Crippen molar-refractivity contribution in [2.75, 3.05) is 6.61 Å². The Balaban J connectivity index is 2.85.